The average molecular weight is 429 g/mol. The second-order valence-electron chi connectivity index (χ2n) is 6.45. The van der Waals surface area contributed by atoms with Crippen molar-refractivity contribution in [2.45, 2.75) is 0 Å². The number of nitrogens with zero attached hydrogens (tertiary/aromatic N) is 4. The lowest BCUT2D eigenvalue weighted by Gasteiger charge is -2.28. The molecule has 1 aliphatic rings. The van der Waals surface area contributed by atoms with Crippen LogP contribution in [0.3, 0.4) is 0 Å². The minimum absolute atomic E-state index is 0.0671. The van der Waals surface area contributed by atoms with E-state index < -0.39 is 15.8 Å². The molecule has 162 valence electrons. The third-order valence-corrected chi connectivity index (χ3v) is 4.57. The number of carbonyl (C=O) groups excluding carboxylic acids is 1. The normalized spacial score (nSPS) is 13.8. The van der Waals surface area contributed by atoms with Crippen molar-refractivity contribution >= 4 is 29.2 Å². The first-order chi connectivity index (χ1) is 14.9. The number of nitro groups is 2. The molecule has 0 aromatic heterocycles. The van der Waals surface area contributed by atoms with Crippen LogP contribution >= 0.6 is 0 Å². The van der Waals surface area contributed by atoms with Crippen LogP contribution in [-0.4, -0.2) is 55.4 Å². The van der Waals surface area contributed by atoms with E-state index in [1.807, 2.05) is 4.90 Å². The first kappa shape index (κ1) is 21.6. The number of rotatable bonds is 7. The van der Waals surface area contributed by atoms with Crippen molar-refractivity contribution in [3.8, 4) is 5.75 Å². The second-order valence-corrected chi connectivity index (χ2v) is 6.45. The molecule has 0 saturated carbocycles. The van der Waals surface area contributed by atoms with Gasteiger partial charge in [-0.1, -0.05) is 6.07 Å². The number of amides is 1. The summed E-state index contributed by atoms with van der Waals surface area (Å²) in [5, 5.41) is 26.3. The van der Waals surface area contributed by atoms with Gasteiger partial charge in [-0.25, -0.2) is 5.43 Å². The molecule has 3 rings (SSSR count). The Hall–Kier alpha value is -4.06. The molecule has 1 heterocycles. The third-order valence-electron chi connectivity index (χ3n) is 4.57. The number of carbonyl (C=O) groups is 1. The summed E-state index contributed by atoms with van der Waals surface area (Å²) in [6, 6.07) is 8.22. The Morgan fingerprint density at radius 1 is 1.16 bits per heavy atom. The van der Waals surface area contributed by atoms with Crippen LogP contribution in [0.15, 0.2) is 41.5 Å². The van der Waals surface area contributed by atoms with Crippen LogP contribution in [-0.2, 0) is 4.74 Å². The summed E-state index contributed by atoms with van der Waals surface area (Å²) < 4.78 is 10.3. The molecule has 0 spiro atoms. The lowest BCUT2D eigenvalue weighted by Crippen LogP contribution is -2.36. The van der Waals surface area contributed by atoms with Gasteiger partial charge in [-0.3, -0.25) is 25.0 Å². The third kappa shape index (κ3) is 5.11. The quantitative estimate of drug-likeness (QED) is 0.399. The summed E-state index contributed by atoms with van der Waals surface area (Å²) >= 11 is 0. The molecular formula is C19H19N5O7. The number of ether oxygens (including phenoxy) is 2. The van der Waals surface area contributed by atoms with Gasteiger partial charge in [0.2, 0.25) is 0 Å². The van der Waals surface area contributed by atoms with E-state index in [2.05, 4.69) is 10.5 Å². The SMILES string of the molecule is COc1ccc([N+](=O)[O-])cc1C(=O)N/N=C\c1ccc(N2CCOCC2)c([N+](=O)[O-])c1. The van der Waals surface area contributed by atoms with Crippen LogP contribution in [0, 0.1) is 20.2 Å². The van der Waals surface area contributed by atoms with Crippen molar-refractivity contribution in [3.63, 3.8) is 0 Å². The van der Waals surface area contributed by atoms with Gasteiger partial charge in [0.1, 0.15) is 11.4 Å². The summed E-state index contributed by atoms with van der Waals surface area (Å²) in [7, 11) is 1.33. The standard InChI is InChI=1S/C19H19N5O7/c1-30-18-5-3-14(23(26)27)11-15(18)19(25)21-20-12-13-2-4-16(17(10-13)24(28)29)22-6-8-31-9-7-22/h2-5,10-12H,6-9H2,1H3,(H,21,25)/b20-12-. The highest BCUT2D eigenvalue weighted by Crippen LogP contribution is 2.29. The number of non-ortho nitro benzene ring substituents is 1. The van der Waals surface area contributed by atoms with E-state index in [1.54, 1.807) is 12.1 Å². The van der Waals surface area contributed by atoms with Gasteiger partial charge in [-0.15, -0.1) is 0 Å². The van der Waals surface area contributed by atoms with Gasteiger partial charge in [-0.2, -0.15) is 5.10 Å². The highest BCUT2D eigenvalue weighted by atomic mass is 16.6. The van der Waals surface area contributed by atoms with Gasteiger partial charge in [0, 0.05) is 36.9 Å². The number of hydrogen-bond donors (Lipinski definition) is 1. The van der Waals surface area contributed by atoms with E-state index in [0.717, 1.165) is 6.07 Å². The number of morpholine rings is 1. The fourth-order valence-electron chi connectivity index (χ4n) is 3.05. The molecule has 0 unspecified atom stereocenters. The number of benzene rings is 2. The zero-order valence-corrected chi connectivity index (χ0v) is 16.5. The van der Waals surface area contributed by atoms with Crippen molar-refractivity contribution < 1.29 is 24.1 Å². The van der Waals surface area contributed by atoms with E-state index in [0.29, 0.717) is 37.6 Å². The van der Waals surface area contributed by atoms with Gasteiger partial charge in [0.25, 0.3) is 17.3 Å². The molecule has 1 amide bonds. The molecule has 12 nitrogen and oxygen atoms in total. The van der Waals surface area contributed by atoms with E-state index in [1.165, 1.54) is 31.5 Å². The first-order valence-electron chi connectivity index (χ1n) is 9.17. The molecule has 2 aromatic rings. The first-order valence-corrected chi connectivity index (χ1v) is 9.17. The summed E-state index contributed by atoms with van der Waals surface area (Å²) in [4.78, 5) is 35.6. The Labute approximate surface area is 176 Å². The number of hydrazone groups is 1. The van der Waals surface area contributed by atoms with Crippen molar-refractivity contribution in [1.82, 2.24) is 5.43 Å². The lowest BCUT2D eigenvalue weighted by molar-refractivity contribution is -0.384. The number of nitro benzene ring substituents is 2. The molecular weight excluding hydrogens is 410 g/mol. The Morgan fingerprint density at radius 2 is 1.90 bits per heavy atom. The summed E-state index contributed by atoms with van der Waals surface area (Å²) in [6.45, 7) is 2.09. The van der Waals surface area contributed by atoms with Crippen LogP contribution < -0.4 is 15.1 Å². The Morgan fingerprint density at radius 3 is 2.55 bits per heavy atom. The van der Waals surface area contributed by atoms with E-state index in [9.17, 15) is 25.0 Å². The highest BCUT2D eigenvalue weighted by molar-refractivity contribution is 5.98. The molecule has 1 aliphatic heterocycles. The highest BCUT2D eigenvalue weighted by Gasteiger charge is 2.22. The zero-order valence-electron chi connectivity index (χ0n) is 16.5. The van der Waals surface area contributed by atoms with Crippen LogP contribution in [0.25, 0.3) is 0 Å². The van der Waals surface area contributed by atoms with Crippen LogP contribution in [0.1, 0.15) is 15.9 Å². The molecule has 0 radical (unpaired) electrons. The van der Waals surface area contributed by atoms with Gasteiger partial charge in [0.05, 0.1) is 41.9 Å². The molecule has 12 heteroatoms. The van der Waals surface area contributed by atoms with Crippen LogP contribution in [0.4, 0.5) is 17.1 Å². The topological polar surface area (TPSA) is 149 Å². The molecule has 31 heavy (non-hydrogen) atoms. The fraction of sp³-hybridized carbons (Fsp3) is 0.263. The number of methoxy groups -OCH3 is 1. The van der Waals surface area contributed by atoms with Crippen LogP contribution in [0.5, 0.6) is 5.75 Å². The molecule has 0 aliphatic carbocycles. The number of hydrogen-bond acceptors (Lipinski definition) is 9. The lowest BCUT2D eigenvalue weighted by atomic mass is 10.1. The maximum atomic E-state index is 12.4. The molecule has 1 fully saturated rings. The molecule has 2 aromatic carbocycles. The molecule has 1 N–H and O–H groups in total. The Bertz CT molecular complexity index is 1030. The smallest absolute Gasteiger partial charge is 0.293 e. The van der Waals surface area contributed by atoms with Crippen LogP contribution in [0.2, 0.25) is 0 Å². The largest absolute Gasteiger partial charge is 0.496 e. The number of anilines is 1. The Kier molecular flexibility index (Phi) is 6.72. The maximum Gasteiger partial charge on any atom is 0.293 e. The fourth-order valence-corrected chi connectivity index (χ4v) is 3.05. The van der Waals surface area contributed by atoms with E-state index >= 15 is 0 Å². The van der Waals surface area contributed by atoms with Crippen molar-refractivity contribution in [3.05, 3.63) is 67.8 Å². The number of nitrogens with one attached hydrogen (secondary N) is 1. The van der Waals surface area contributed by atoms with Crippen molar-refractivity contribution in [2.75, 3.05) is 38.3 Å². The molecule has 0 bridgehead atoms. The Balaban J connectivity index is 1.77. The molecule has 0 atom stereocenters. The zero-order chi connectivity index (χ0) is 22.4. The minimum atomic E-state index is -0.726. The summed E-state index contributed by atoms with van der Waals surface area (Å²) in [5.74, 6) is -0.583. The predicted octanol–water partition coefficient (Wildman–Crippen LogP) is 2.11. The van der Waals surface area contributed by atoms with E-state index in [-0.39, 0.29) is 22.7 Å². The van der Waals surface area contributed by atoms with E-state index in [4.69, 9.17) is 9.47 Å². The van der Waals surface area contributed by atoms with Gasteiger partial charge in [-0.05, 0) is 12.1 Å². The monoisotopic (exact) mass is 429 g/mol. The van der Waals surface area contributed by atoms with Gasteiger partial charge in [0.15, 0.2) is 0 Å². The maximum absolute atomic E-state index is 12.4. The predicted molar refractivity (Wildman–Crippen MR) is 111 cm³/mol. The second kappa shape index (κ2) is 9.63. The summed E-state index contributed by atoms with van der Waals surface area (Å²) in [5.41, 5.74) is 2.70. The molecule has 1 saturated heterocycles. The average Bonchev–Trinajstić information content (AvgIpc) is 2.78. The van der Waals surface area contributed by atoms with Crippen molar-refractivity contribution in [1.29, 1.82) is 0 Å². The minimum Gasteiger partial charge on any atom is -0.496 e. The summed E-state index contributed by atoms with van der Waals surface area (Å²) in [6.07, 6.45) is 1.25. The van der Waals surface area contributed by atoms with Gasteiger partial charge >= 0.3 is 0 Å². The van der Waals surface area contributed by atoms with Gasteiger partial charge < -0.3 is 14.4 Å². The van der Waals surface area contributed by atoms with Crippen molar-refractivity contribution in [2.24, 2.45) is 5.10 Å².